The molecular formula is C16H25NO3S. The van der Waals surface area contributed by atoms with Gasteiger partial charge in [0.15, 0.2) is 0 Å². The minimum Gasteiger partial charge on any atom is -0.497 e. The van der Waals surface area contributed by atoms with Crippen molar-refractivity contribution in [2.24, 2.45) is 0 Å². The van der Waals surface area contributed by atoms with Crippen LogP contribution in [0.4, 0.5) is 0 Å². The summed E-state index contributed by atoms with van der Waals surface area (Å²) in [6.45, 7) is 5.35. The van der Waals surface area contributed by atoms with Gasteiger partial charge in [-0.2, -0.15) is 0 Å². The molecule has 1 aromatic carbocycles. The molecule has 1 N–H and O–H groups in total. The predicted molar refractivity (Wildman–Crippen MR) is 88.0 cm³/mol. The van der Waals surface area contributed by atoms with Gasteiger partial charge in [0, 0.05) is 11.8 Å². The van der Waals surface area contributed by atoms with Gasteiger partial charge >= 0.3 is 5.97 Å². The summed E-state index contributed by atoms with van der Waals surface area (Å²) >= 11 is 1.59. The molecule has 0 spiro atoms. The number of benzene rings is 1. The van der Waals surface area contributed by atoms with Crippen LogP contribution in [0, 0.1) is 0 Å². The van der Waals surface area contributed by atoms with Gasteiger partial charge in [0.25, 0.3) is 0 Å². The van der Waals surface area contributed by atoms with E-state index in [2.05, 4.69) is 18.3 Å². The summed E-state index contributed by atoms with van der Waals surface area (Å²) in [6.07, 6.45) is 1.07. The SMILES string of the molecule is CCCNC(CSCC(=O)OCC)c1cccc(OC)c1. The van der Waals surface area contributed by atoms with Gasteiger partial charge in [-0.1, -0.05) is 19.1 Å². The fourth-order valence-electron chi connectivity index (χ4n) is 1.91. The zero-order valence-corrected chi connectivity index (χ0v) is 13.9. The highest BCUT2D eigenvalue weighted by molar-refractivity contribution is 7.99. The van der Waals surface area contributed by atoms with Crippen LogP contribution in [0.1, 0.15) is 31.9 Å². The Labute approximate surface area is 131 Å². The summed E-state index contributed by atoms with van der Waals surface area (Å²) in [4.78, 5) is 11.4. The average molecular weight is 311 g/mol. The van der Waals surface area contributed by atoms with E-state index in [-0.39, 0.29) is 12.0 Å². The van der Waals surface area contributed by atoms with Crippen molar-refractivity contribution in [2.75, 3.05) is 31.8 Å². The topological polar surface area (TPSA) is 47.6 Å². The highest BCUT2D eigenvalue weighted by atomic mass is 32.2. The van der Waals surface area contributed by atoms with Gasteiger partial charge in [-0.15, -0.1) is 11.8 Å². The van der Waals surface area contributed by atoms with Crippen LogP contribution in [0.5, 0.6) is 5.75 Å². The van der Waals surface area contributed by atoms with E-state index in [0.717, 1.165) is 24.5 Å². The smallest absolute Gasteiger partial charge is 0.315 e. The van der Waals surface area contributed by atoms with Crippen LogP contribution < -0.4 is 10.1 Å². The molecule has 0 bridgehead atoms. The molecule has 1 aromatic rings. The fraction of sp³-hybridized carbons (Fsp3) is 0.562. The molecule has 1 rings (SSSR count). The Balaban J connectivity index is 2.59. The molecule has 4 nitrogen and oxygen atoms in total. The van der Waals surface area contributed by atoms with E-state index in [0.29, 0.717) is 12.4 Å². The number of hydrogen-bond donors (Lipinski definition) is 1. The first-order valence-electron chi connectivity index (χ1n) is 7.31. The zero-order chi connectivity index (χ0) is 15.5. The molecule has 0 saturated heterocycles. The Kier molecular flexibility index (Phi) is 8.94. The summed E-state index contributed by atoms with van der Waals surface area (Å²) in [5, 5.41) is 3.51. The van der Waals surface area contributed by atoms with Crippen LogP contribution in [-0.2, 0) is 9.53 Å². The standard InChI is InChI=1S/C16H25NO3S/c1-4-9-17-15(11-21-12-16(18)20-5-2)13-7-6-8-14(10-13)19-3/h6-8,10,15,17H,4-5,9,11-12H2,1-3H3. The van der Waals surface area contributed by atoms with Crippen molar-refractivity contribution in [1.29, 1.82) is 0 Å². The number of rotatable bonds is 10. The van der Waals surface area contributed by atoms with Gasteiger partial charge in [-0.25, -0.2) is 0 Å². The summed E-state index contributed by atoms with van der Waals surface area (Å²) < 4.78 is 10.2. The van der Waals surface area contributed by atoms with Crippen molar-refractivity contribution in [3.63, 3.8) is 0 Å². The van der Waals surface area contributed by atoms with Crippen molar-refractivity contribution in [2.45, 2.75) is 26.3 Å². The second-order valence-corrected chi connectivity index (χ2v) is 5.63. The van der Waals surface area contributed by atoms with E-state index >= 15 is 0 Å². The van der Waals surface area contributed by atoms with Crippen LogP contribution in [-0.4, -0.2) is 37.7 Å². The lowest BCUT2D eigenvalue weighted by atomic mass is 10.1. The van der Waals surface area contributed by atoms with Crippen LogP contribution >= 0.6 is 11.8 Å². The molecule has 0 aliphatic carbocycles. The van der Waals surface area contributed by atoms with E-state index < -0.39 is 0 Å². The van der Waals surface area contributed by atoms with E-state index in [1.165, 1.54) is 5.56 Å². The number of nitrogens with one attached hydrogen (secondary N) is 1. The number of carbonyl (C=O) groups is 1. The molecule has 0 radical (unpaired) electrons. The Morgan fingerprint density at radius 1 is 1.38 bits per heavy atom. The number of esters is 1. The van der Waals surface area contributed by atoms with Crippen LogP contribution in [0.15, 0.2) is 24.3 Å². The maximum Gasteiger partial charge on any atom is 0.315 e. The summed E-state index contributed by atoms with van der Waals surface area (Å²) in [5.74, 6) is 1.92. The van der Waals surface area contributed by atoms with Crippen molar-refractivity contribution >= 4 is 17.7 Å². The van der Waals surface area contributed by atoms with Crippen molar-refractivity contribution in [3.8, 4) is 5.75 Å². The van der Waals surface area contributed by atoms with Crippen LogP contribution in [0.3, 0.4) is 0 Å². The van der Waals surface area contributed by atoms with Gasteiger partial charge in [-0.05, 0) is 37.6 Å². The fourth-order valence-corrected chi connectivity index (χ4v) is 2.83. The third-order valence-electron chi connectivity index (χ3n) is 2.95. The van der Waals surface area contributed by atoms with Crippen molar-refractivity contribution in [3.05, 3.63) is 29.8 Å². The highest BCUT2D eigenvalue weighted by Crippen LogP contribution is 2.22. The number of ether oxygens (including phenoxy) is 2. The Bertz CT molecular complexity index is 426. The first-order chi connectivity index (χ1) is 10.2. The lowest BCUT2D eigenvalue weighted by Gasteiger charge is -2.19. The molecule has 0 saturated carbocycles. The molecule has 1 unspecified atom stereocenters. The average Bonchev–Trinajstić information content (AvgIpc) is 2.51. The molecule has 0 aromatic heterocycles. The molecular weight excluding hydrogens is 286 g/mol. The minimum absolute atomic E-state index is 0.151. The lowest BCUT2D eigenvalue weighted by molar-refractivity contribution is -0.139. The maximum atomic E-state index is 11.4. The molecule has 1 atom stereocenters. The summed E-state index contributed by atoms with van der Waals surface area (Å²) in [6, 6.07) is 8.26. The number of hydrogen-bond acceptors (Lipinski definition) is 5. The molecule has 21 heavy (non-hydrogen) atoms. The summed E-state index contributed by atoms with van der Waals surface area (Å²) in [7, 11) is 1.67. The third-order valence-corrected chi connectivity index (χ3v) is 3.96. The largest absolute Gasteiger partial charge is 0.497 e. The molecule has 0 amide bonds. The highest BCUT2D eigenvalue weighted by Gasteiger charge is 2.13. The summed E-state index contributed by atoms with van der Waals surface area (Å²) in [5.41, 5.74) is 1.18. The van der Waals surface area contributed by atoms with Gasteiger partial charge in [0.05, 0.1) is 19.5 Å². The van der Waals surface area contributed by atoms with Crippen molar-refractivity contribution in [1.82, 2.24) is 5.32 Å². The monoisotopic (exact) mass is 311 g/mol. The first kappa shape index (κ1) is 17.9. The van der Waals surface area contributed by atoms with Crippen LogP contribution in [0.25, 0.3) is 0 Å². The molecule has 0 fully saturated rings. The zero-order valence-electron chi connectivity index (χ0n) is 13.1. The minimum atomic E-state index is -0.151. The predicted octanol–water partition coefficient (Wildman–Crippen LogP) is 3.03. The van der Waals surface area contributed by atoms with Crippen molar-refractivity contribution < 1.29 is 14.3 Å². The van der Waals surface area contributed by atoms with Gasteiger partial charge in [0.1, 0.15) is 5.75 Å². The molecule has 0 aliphatic rings. The van der Waals surface area contributed by atoms with E-state index in [9.17, 15) is 4.79 Å². The normalized spacial score (nSPS) is 12.0. The number of methoxy groups -OCH3 is 1. The molecule has 5 heteroatoms. The Morgan fingerprint density at radius 3 is 2.86 bits per heavy atom. The van der Waals surface area contributed by atoms with E-state index in [1.54, 1.807) is 18.9 Å². The Hall–Kier alpha value is -1.20. The quantitative estimate of drug-likeness (QED) is 0.673. The first-order valence-corrected chi connectivity index (χ1v) is 8.47. The second-order valence-electron chi connectivity index (χ2n) is 4.60. The second kappa shape index (κ2) is 10.5. The van der Waals surface area contributed by atoms with E-state index in [4.69, 9.17) is 9.47 Å². The van der Waals surface area contributed by atoms with Gasteiger partial charge in [-0.3, -0.25) is 4.79 Å². The molecule has 0 aliphatic heterocycles. The molecule has 118 valence electrons. The number of carbonyl (C=O) groups excluding carboxylic acids is 1. The maximum absolute atomic E-state index is 11.4. The lowest BCUT2D eigenvalue weighted by Crippen LogP contribution is -2.24. The molecule has 0 heterocycles. The Morgan fingerprint density at radius 2 is 2.19 bits per heavy atom. The van der Waals surface area contributed by atoms with Gasteiger partial charge in [0.2, 0.25) is 0 Å². The third kappa shape index (κ3) is 6.87. The van der Waals surface area contributed by atoms with Crippen LogP contribution in [0.2, 0.25) is 0 Å². The number of thioether (sulfide) groups is 1. The van der Waals surface area contributed by atoms with Gasteiger partial charge < -0.3 is 14.8 Å². The van der Waals surface area contributed by atoms with E-state index in [1.807, 2.05) is 25.1 Å².